The maximum absolute atomic E-state index is 5.11. The summed E-state index contributed by atoms with van der Waals surface area (Å²) in [5, 5.41) is 22.6. The second-order valence-corrected chi connectivity index (χ2v) is 35.2. The Morgan fingerprint density at radius 2 is 0.388 bits per heavy atom. The van der Waals surface area contributed by atoms with Gasteiger partial charge in [-0.15, -0.1) is 0 Å². The van der Waals surface area contributed by atoms with Crippen LogP contribution in [0.25, 0.3) is 260 Å². The van der Waals surface area contributed by atoms with Gasteiger partial charge in [0.25, 0.3) is 0 Å². The van der Waals surface area contributed by atoms with Crippen LogP contribution in [0.3, 0.4) is 0 Å². The molecule has 0 unspecified atom stereocenters. The van der Waals surface area contributed by atoms with Gasteiger partial charge in [-0.05, 0) is 161 Å². The van der Waals surface area contributed by atoms with Gasteiger partial charge in [0.05, 0.1) is 55.5 Å². The Bertz CT molecular complexity index is 9420. The number of hydrogen-bond acceptors (Lipinski definition) is 8. The maximum Gasteiger partial charge on any atom is 0.164 e. The molecule has 0 amide bonds. The second-order valence-electron chi connectivity index (χ2n) is 35.2. The van der Waals surface area contributed by atoms with E-state index in [1.54, 1.807) is 0 Å². The van der Waals surface area contributed by atoms with E-state index in [2.05, 4.69) is 378 Å². The summed E-state index contributed by atoms with van der Waals surface area (Å²) < 4.78 is 7.19. The van der Waals surface area contributed by atoms with Crippen LogP contribution in [0, 0.1) is 0 Å². The van der Waals surface area contributed by atoms with Crippen LogP contribution in [0.5, 0.6) is 0 Å². The van der Waals surface area contributed by atoms with Crippen molar-refractivity contribution in [1.82, 2.24) is 53.6 Å². The Morgan fingerprint density at radius 1 is 0.137 bits per heavy atom. The highest BCUT2D eigenvalue weighted by Crippen LogP contribution is 2.47. The number of hydrogen-bond donors (Lipinski definition) is 0. The average molecular weight is 1770 g/mol. The summed E-state index contributed by atoms with van der Waals surface area (Å²) >= 11 is 0. The van der Waals surface area contributed by atoms with Crippen LogP contribution in [0.4, 0.5) is 0 Å². The third-order valence-corrected chi connectivity index (χ3v) is 27.0. The Hall–Kier alpha value is -18.8. The molecule has 648 valence electrons. The molecule has 28 rings (SSSR count). The van der Waals surface area contributed by atoms with Crippen LogP contribution in [0.15, 0.2) is 491 Å². The van der Waals surface area contributed by atoms with Gasteiger partial charge >= 0.3 is 0 Å². The van der Waals surface area contributed by atoms with E-state index in [1.165, 1.54) is 136 Å². The van der Waals surface area contributed by atoms with E-state index in [0.717, 1.165) is 89.6 Å². The molecule has 0 aliphatic heterocycles. The number of rotatable bonds is 12. The van der Waals surface area contributed by atoms with Gasteiger partial charge in [-0.2, -0.15) is 0 Å². The van der Waals surface area contributed by atoms with Crippen molar-refractivity contribution in [3.05, 3.63) is 491 Å². The third-order valence-electron chi connectivity index (χ3n) is 27.0. The van der Waals surface area contributed by atoms with Crippen molar-refractivity contribution in [2.45, 2.75) is 0 Å². The Labute approximate surface area is 799 Å². The number of benzene rings is 22. The summed E-state index contributed by atoms with van der Waals surface area (Å²) in [6.45, 7) is 0. The lowest BCUT2D eigenvalue weighted by atomic mass is 10.00. The summed E-state index contributed by atoms with van der Waals surface area (Å²) in [5.74, 6) is 3.87. The fraction of sp³-hybridized carbons (Fsp3) is 0. The van der Waals surface area contributed by atoms with Crippen LogP contribution >= 0.6 is 0 Å². The van der Waals surface area contributed by atoms with Gasteiger partial charge in [0, 0.05) is 99.3 Å². The third kappa shape index (κ3) is 14.5. The first-order chi connectivity index (χ1) is 68.9. The van der Waals surface area contributed by atoms with Crippen LogP contribution in [0.1, 0.15) is 0 Å². The molecule has 0 N–H and O–H groups in total. The van der Waals surface area contributed by atoms with Gasteiger partial charge in [0.1, 0.15) is 0 Å². The molecule has 0 atom stereocenters. The van der Waals surface area contributed by atoms with E-state index < -0.39 is 0 Å². The monoisotopic (exact) mass is 1770 g/mol. The zero-order valence-corrected chi connectivity index (χ0v) is 75.2. The van der Waals surface area contributed by atoms with E-state index in [0.29, 0.717) is 34.9 Å². The first-order valence-electron chi connectivity index (χ1n) is 46.9. The van der Waals surface area contributed by atoms with Gasteiger partial charge in [0.15, 0.2) is 34.9 Å². The Balaban J connectivity index is 0.000000108. The highest BCUT2D eigenvalue weighted by atomic mass is 15.1. The maximum atomic E-state index is 5.11. The predicted molar refractivity (Wildman–Crippen MR) is 576 cm³/mol. The van der Waals surface area contributed by atoms with E-state index in [9.17, 15) is 0 Å². The highest BCUT2D eigenvalue weighted by molar-refractivity contribution is 6.31. The molecule has 139 heavy (non-hydrogen) atoms. The molecule has 28 aromatic rings. The molecular formula is C128H81N11. The average Bonchev–Trinajstić information content (AvgIpc) is 1.57. The van der Waals surface area contributed by atoms with Crippen molar-refractivity contribution < 1.29 is 0 Å². The quantitative estimate of drug-likeness (QED) is 0.119. The molecule has 0 radical (unpaired) electrons. The van der Waals surface area contributed by atoms with Gasteiger partial charge < -0.3 is 13.7 Å². The lowest BCUT2D eigenvalue weighted by molar-refractivity contribution is 1.07. The minimum absolute atomic E-state index is 0.636. The molecule has 0 saturated carbocycles. The number of fused-ring (bicyclic) bond motifs is 22. The predicted octanol–water partition coefficient (Wildman–Crippen LogP) is 32.6. The molecular weight excluding hydrogens is 1690 g/mol. The number of nitrogens with zero attached hydrogens (tertiary/aromatic N) is 11. The molecule has 0 bridgehead atoms. The smallest absolute Gasteiger partial charge is 0.164 e. The van der Waals surface area contributed by atoms with E-state index >= 15 is 0 Å². The SMILES string of the molecule is c1ccc(-c2ccc(-c3nc(-c4ccccc4)nc(-c4ccc(-n5c6ccc7ccccc7c6c6c7ccccc7ccc65)cc4)n3)cc2)cc1.c1ccc(-c2nc(-c3ccccc3)nc(-c3cccc(-n4c5ccc6ccccc6c5c5ccc6ccccc6c54)c3)n2)cc1.c1ccc(-c2nc3ccccc3nc2-c2ccc(-n3c4ccc5ccccc5c4c4c5ccccc5ccc43)cc2)cc1. The minimum atomic E-state index is 0.636. The largest absolute Gasteiger partial charge is 0.309 e. The lowest BCUT2D eigenvalue weighted by Gasteiger charge is -2.12. The van der Waals surface area contributed by atoms with Gasteiger partial charge in [-0.1, -0.05) is 400 Å². The van der Waals surface area contributed by atoms with Crippen molar-refractivity contribution in [2.24, 2.45) is 0 Å². The van der Waals surface area contributed by atoms with Crippen LogP contribution < -0.4 is 0 Å². The molecule has 6 heterocycles. The van der Waals surface area contributed by atoms with Crippen molar-refractivity contribution >= 4 is 141 Å². The summed E-state index contributed by atoms with van der Waals surface area (Å²) in [6.07, 6.45) is 0. The fourth-order valence-corrected chi connectivity index (χ4v) is 20.5. The van der Waals surface area contributed by atoms with Gasteiger partial charge in [-0.3, -0.25) is 0 Å². The first kappa shape index (κ1) is 81.0. The van der Waals surface area contributed by atoms with E-state index in [4.69, 9.17) is 39.9 Å². The van der Waals surface area contributed by atoms with Gasteiger partial charge in [-0.25, -0.2) is 39.9 Å². The van der Waals surface area contributed by atoms with Crippen molar-refractivity contribution in [3.63, 3.8) is 0 Å². The topological polar surface area (TPSA) is 118 Å². The van der Waals surface area contributed by atoms with Crippen molar-refractivity contribution in [1.29, 1.82) is 0 Å². The number of para-hydroxylation sites is 2. The Morgan fingerprint density at radius 3 is 0.770 bits per heavy atom. The molecule has 22 aromatic carbocycles. The summed E-state index contributed by atoms with van der Waals surface area (Å²) in [7, 11) is 0. The summed E-state index contributed by atoms with van der Waals surface area (Å²) in [4.78, 5) is 40.1. The zero-order valence-electron chi connectivity index (χ0n) is 75.2. The van der Waals surface area contributed by atoms with Crippen molar-refractivity contribution in [2.75, 3.05) is 0 Å². The van der Waals surface area contributed by atoms with Gasteiger partial charge in [0.2, 0.25) is 0 Å². The second kappa shape index (κ2) is 34.3. The molecule has 6 aromatic heterocycles. The van der Waals surface area contributed by atoms with Crippen LogP contribution in [-0.4, -0.2) is 53.6 Å². The first-order valence-corrected chi connectivity index (χ1v) is 46.9. The summed E-state index contributed by atoms with van der Waals surface area (Å²) in [5.41, 5.74) is 24.0. The van der Waals surface area contributed by atoms with Crippen LogP contribution in [-0.2, 0) is 0 Å². The molecule has 0 fully saturated rings. The van der Waals surface area contributed by atoms with E-state index in [-0.39, 0.29) is 0 Å². The lowest BCUT2D eigenvalue weighted by Crippen LogP contribution is -2.01. The fourth-order valence-electron chi connectivity index (χ4n) is 20.5. The van der Waals surface area contributed by atoms with Crippen LogP contribution in [0.2, 0.25) is 0 Å². The Kier molecular flexibility index (Phi) is 20.0. The normalized spacial score (nSPS) is 11.6. The molecule has 11 nitrogen and oxygen atoms in total. The van der Waals surface area contributed by atoms with E-state index in [1.807, 2.05) is 127 Å². The highest BCUT2D eigenvalue weighted by Gasteiger charge is 2.25. The number of aromatic nitrogens is 11. The molecule has 0 aliphatic rings. The zero-order chi connectivity index (χ0) is 91.8. The molecule has 11 heteroatoms. The molecule has 0 spiro atoms. The molecule has 0 saturated heterocycles. The molecule has 0 aliphatic carbocycles. The summed E-state index contributed by atoms with van der Waals surface area (Å²) in [6, 6.07) is 173. The minimum Gasteiger partial charge on any atom is -0.309 e. The van der Waals surface area contributed by atoms with Crippen molar-refractivity contribution in [3.8, 4) is 119 Å². The standard InChI is InChI=1S/C47H30N4.C41H26N4.C40H25N3/c1-3-11-31(12-4-1)32-19-21-36(22-20-32)46-48-45(35-15-5-2-6-16-35)49-47(50-46)37-23-27-38(28-24-37)51-41-29-25-33-13-7-9-17-39(33)43(41)44-40-18-10-8-14-34(40)26-30-42(44)51;1-3-14-29(15-4-1)39-42-40(30-16-5-2-6-17-30)44-41(43-39)31-18-11-19-32(26-31)45-36-25-23-27-12-7-9-20-33(27)37(36)35-24-22-28-13-8-10-21-34(28)38(35)45;1-2-12-28(13-3-1)39-40(42-34-17-9-8-16-33(34)41-39)29-18-22-30(23-19-29)43-35-24-20-26-10-4-6-14-31(26)37(35)38-32-15-7-5-11-27(32)21-25-36(38)43/h1-30H;1-26H;1-25H.